The van der Waals surface area contributed by atoms with Crippen LogP contribution in [-0.4, -0.2) is 41.2 Å². The number of rotatable bonds is 5. The summed E-state index contributed by atoms with van der Waals surface area (Å²) >= 11 is 3.17. The number of ether oxygens (including phenoxy) is 1. The van der Waals surface area contributed by atoms with Crippen molar-refractivity contribution < 1.29 is 9.53 Å². The van der Waals surface area contributed by atoms with Gasteiger partial charge in [0, 0.05) is 13.1 Å². The van der Waals surface area contributed by atoms with E-state index in [1.807, 2.05) is 30.0 Å². The van der Waals surface area contributed by atoms with Crippen molar-refractivity contribution >= 4 is 39.2 Å². The number of fused-ring (bicyclic) bond motifs is 1. The lowest BCUT2D eigenvalue weighted by Gasteiger charge is -2.30. The van der Waals surface area contributed by atoms with Gasteiger partial charge in [0.05, 0.1) is 22.6 Å². The summed E-state index contributed by atoms with van der Waals surface area (Å²) < 4.78 is 7.58. The van der Waals surface area contributed by atoms with Crippen LogP contribution in [0, 0.1) is 5.92 Å². The van der Waals surface area contributed by atoms with E-state index in [0.717, 1.165) is 52.2 Å². The second kappa shape index (κ2) is 7.53. The minimum Gasteiger partial charge on any atom is -0.494 e. The summed E-state index contributed by atoms with van der Waals surface area (Å²) in [7, 11) is 0. The Morgan fingerprint density at radius 2 is 2.22 bits per heavy atom. The van der Waals surface area contributed by atoms with Gasteiger partial charge < -0.3 is 9.64 Å². The Kier molecular flexibility index (Phi) is 5.43. The lowest BCUT2D eigenvalue weighted by Crippen LogP contribution is -2.38. The summed E-state index contributed by atoms with van der Waals surface area (Å²) in [5, 5.41) is 0. The fourth-order valence-electron chi connectivity index (χ4n) is 2.67. The Hall–Kier alpha value is -1.27. The second-order valence-electron chi connectivity index (χ2n) is 5.89. The average molecular weight is 351 g/mol. The Labute approximate surface area is 145 Å². The number of carbonyl (C=O) groups excluding carboxylic acids is 1. The molecular weight excluding hydrogens is 328 g/mol. The molecule has 1 aliphatic heterocycles. The quantitative estimate of drug-likeness (QED) is 0.763. The maximum absolute atomic E-state index is 12.3. The zero-order chi connectivity index (χ0) is 16.2. The van der Waals surface area contributed by atoms with Crippen LogP contribution in [0.3, 0.4) is 0 Å². The first-order valence-electron chi connectivity index (χ1n) is 8.09. The summed E-state index contributed by atoms with van der Waals surface area (Å²) in [4.78, 5) is 18.9. The van der Waals surface area contributed by atoms with Crippen LogP contribution in [0.4, 0.5) is 0 Å². The van der Waals surface area contributed by atoms with Crippen LogP contribution in [0.25, 0.3) is 10.2 Å². The van der Waals surface area contributed by atoms with Crippen LogP contribution < -0.4 is 4.74 Å². The number of piperidine rings is 1. The molecule has 2 heterocycles. The minimum atomic E-state index is 0.233. The Morgan fingerprint density at radius 1 is 1.43 bits per heavy atom. The topological polar surface area (TPSA) is 42.4 Å². The highest BCUT2D eigenvalue weighted by Crippen LogP contribution is 2.32. The van der Waals surface area contributed by atoms with Gasteiger partial charge in [0.15, 0.2) is 4.34 Å². The van der Waals surface area contributed by atoms with Crippen molar-refractivity contribution in [3.05, 3.63) is 18.2 Å². The van der Waals surface area contributed by atoms with E-state index in [2.05, 4.69) is 11.9 Å². The number of hydrogen-bond donors (Lipinski definition) is 0. The summed E-state index contributed by atoms with van der Waals surface area (Å²) in [5.74, 6) is 2.33. The molecule has 0 radical (unpaired) electrons. The van der Waals surface area contributed by atoms with E-state index in [1.54, 1.807) is 23.1 Å². The zero-order valence-electron chi connectivity index (χ0n) is 13.6. The number of thioether (sulfide) groups is 1. The van der Waals surface area contributed by atoms with Crippen LogP contribution in [0.2, 0.25) is 0 Å². The normalized spacial score (nSPS) is 16.0. The molecule has 23 heavy (non-hydrogen) atoms. The van der Waals surface area contributed by atoms with Gasteiger partial charge >= 0.3 is 0 Å². The maximum atomic E-state index is 12.3. The van der Waals surface area contributed by atoms with Crippen molar-refractivity contribution in [3.63, 3.8) is 0 Å². The monoisotopic (exact) mass is 350 g/mol. The summed E-state index contributed by atoms with van der Waals surface area (Å²) in [6.45, 7) is 6.70. The van der Waals surface area contributed by atoms with Gasteiger partial charge in [0.2, 0.25) is 5.91 Å². The summed E-state index contributed by atoms with van der Waals surface area (Å²) in [6, 6.07) is 5.95. The van der Waals surface area contributed by atoms with E-state index in [9.17, 15) is 4.79 Å². The second-order valence-corrected chi connectivity index (χ2v) is 8.15. The molecule has 124 valence electrons. The molecule has 0 spiro atoms. The smallest absolute Gasteiger partial charge is 0.233 e. The van der Waals surface area contributed by atoms with E-state index >= 15 is 0 Å². The van der Waals surface area contributed by atoms with Crippen molar-refractivity contribution in [2.45, 2.75) is 31.0 Å². The summed E-state index contributed by atoms with van der Waals surface area (Å²) in [5.41, 5.74) is 0.972. The minimum absolute atomic E-state index is 0.233. The van der Waals surface area contributed by atoms with Gasteiger partial charge in [0.25, 0.3) is 0 Å². The third-order valence-electron chi connectivity index (χ3n) is 4.11. The van der Waals surface area contributed by atoms with Gasteiger partial charge in [-0.25, -0.2) is 4.98 Å². The molecule has 1 saturated heterocycles. The maximum Gasteiger partial charge on any atom is 0.233 e. The number of thiazole rings is 1. The number of hydrogen-bond acceptors (Lipinski definition) is 5. The molecule has 3 rings (SSSR count). The molecule has 0 atom stereocenters. The molecule has 1 aromatic carbocycles. The third kappa shape index (κ3) is 4.18. The molecule has 1 aliphatic rings. The van der Waals surface area contributed by atoms with E-state index in [-0.39, 0.29) is 5.91 Å². The number of carbonyl (C=O) groups is 1. The largest absolute Gasteiger partial charge is 0.494 e. The fraction of sp³-hybridized carbons (Fsp3) is 0.529. The van der Waals surface area contributed by atoms with E-state index in [1.165, 1.54) is 0 Å². The average Bonchev–Trinajstić information content (AvgIpc) is 2.96. The van der Waals surface area contributed by atoms with E-state index < -0.39 is 0 Å². The first-order valence-corrected chi connectivity index (χ1v) is 9.90. The highest BCUT2D eigenvalue weighted by atomic mass is 32.2. The molecule has 1 amide bonds. The molecule has 1 fully saturated rings. The van der Waals surface area contributed by atoms with Gasteiger partial charge in [-0.2, -0.15) is 0 Å². The first kappa shape index (κ1) is 16.6. The molecule has 6 heteroatoms. The van der Waals surface area contributed by atoms with Crippen molar-refractivity contribution in [3.8, 4) is 5.75 Å². The van der Waals surface area contributed by atoms with E-state index in [4.69, 9.17) is 4.74 Å². The van der Waals surface area contributed by atoms with Gasteiger partial charge in [0.1, 0.15) is 5.75 Å². The molecular formula is C17H22N2O2S2. The fourth-order valence-corrected chi connectivity index (χ4v) is 4.67. The number of amides is 1. The zero-order valence-corrected chi connectivity index (χ0v) is 15.2. The van der Waals surface area contributed by atoms with Gasteiger partial charge in [-0.1, -0.05) is 18.7 Å². The Balaban J connectivity index is 1.59. The molecule has 0 unspecified atom stereocenters. The van der Waals surface area contributed by atoms with Crippen LogP contribution in [0.5, 0.6) is 5.75 Å². The molecule has 0 bridgehead atoms. The number of nitrogens with zero attached hydrogens (tertiary/aromatic N) is 2. The highest BCUT2D eigenvalue weighted by Gasteiger charge is 2.20. The van der Waals surface area contributed by atoms with Gasteiger partial charge in [-0.05, 0) is 43.9 Å². The molecule has 0 aliphatic carbocycles. The van der Waals surface area contributed by atoms with Gasteiger partial charge in [-0.3, -0.25) is 4.79 Å². The SMILES string of the molecule is CCOc1ccc2nc(SCC(=O)N3CCC(C)CC3)sc2c1. The lowest BCUT2D eigenvalue weighted by molar-refractivity contribution is -0.129. The van der Waals surface area contributed by atoms with Crippen LogP contribution >= 0.6 is 23.1 Å². The van der Waals surface area contributed by atoms with Crippen LogP contribution in [-0.2, 0) is 4.79 Å². The van der Waals surface area contributed by atoms with Crippen molar-refractivity contribution in [1.29, 1.82) is 0 Å². The van der Waals surface area contributed by atoms with Crippen molar-refractivity contribution in [2.24, 2.45) is 5.92 Å². The predicted octanol–water partition coefficient (Wildman–Crippen LogP) is 4.05. The predicted molar refractivity (Wildman–Crippen MR) is 96.5 cm³/mol. The Bertz CT molecular complexity index is 678. The third-order valence-corrected chi connectivity index (χ3v) is 6.25. The molecule has 1 aromatic heterocycles. The molecule has 4 nitrogen and oxygen atoms in total. The van der Waals surface area contributed by atoms with Crippen LogP contribution in [0.15, 0.2) is 22.5 Å². The number of aromatic nitrogens is 1. The number of benzene rings is 1. The van der Waals surface area contributed by atoms with E-state index in [0.29, 0.717) is 12.4 Å². The summed E-state index contributed by atoms with van der Waals surface area (Å²) in [6.07, 6.45) is 2.25. The standard InChI is InChI=1S/C17H22N2O2S2/c1-3-21-13-4-5-14-15(10-13)23-17(18-14)22-11-16(20)19-8-6-12(2)7-9-19/h4-5,10,12H,3,6-9,11H2,1-2H3. The van der Waals surface area contributed by atoms with Crippen molar-refractivity contribution in [1.82, 2.24) is 9.88 Å². The highest BCUT2D eigenvalue weighted by molar-refractivity contribution is 8.01. The molecule has 2 aromatic rings. The first-order chi connectivity index (χ1) is 11.2. The number of likely N-dealkylation sites (tertiary alicyclic amines) is 1. The Morgan fingerprint density at radius 3 is 2.96 bits per heavy atom. The lowest BCUT2D eigenvalue weighted by atomic mass is 9.99. The van der Waals surface area contributed by atoms with Crippen molar-refractivity contribution in [2.75, 3.05) is 25.4 Å². The molecule has 0 N–H and O–H groups in total. The van der Waals surface area contributed by atoms with Crippen LogP contribution in [0.1, 0.15) is 26.7 Å². The molecule has 0 saturated carbocycles. The van der Waals surface area contributed by atoms with Gasteiger partial charge in [-0.15, -0.1) is 11.3 Å².